The number of likely N-dealkylation sites (tertiary alicyclic amines) is 1. The molecule has 0 aromatic heterocycles. The highest BCUT2D eigenvalue weighted by atomic mass is 16.5. The van der Waals surface area contributed by atoms with Gasteiger partial charge in [-0.05, 0) is 12.5 Å². The number of ether oxygens (including phenoxy) is 3. The summed E-state index contributed by atoms with van der Waals surface area (Å²) in [7, 11) is 4.70. The molecule has 6 nitrogen and oxygen atoms in total. The Morgan fingerprint density at radius 3 is 2.60 bits per heavy atom. The summed E-state index contributed by atoms with van der Waals surface area (Å²) in [6.45, 7) is 1.24. The maximum atomic E-state index is 12.5. The third kappa shape index (κ3) is 2.65. The van der Waals surface area contributed by atoms with Crippen LogP contribution in [0.15, 0.2) is 12.1 Å². The van der Waals surface area contributed by atoms with E-state index in [9.17, 15) is 4.79 Å². The van der Waals surface area contributed by atoms with E-state index in [4.69, 9.17) is 19.9 Å². The Bertz CT molecular complexity index is 504. The second-order valence-electron chi connectivity index (χ2n) is 4.69. The van der Waals surface area contributed by atoms with Crippen molar-refractivity contribution < 1.29 is 19.0 Å². The molecule has 0 saturated carbocycles. The molecule has 1 heterocycles. The van der Waals surface area contributed by atoms with E-state index in [1.807, 2.05) is 0 Å². The highest BCUT2D eigenvalue weighted by Crippen LogP contribution is 2.32. The summed E-state index contributed by atoms with van der Waals surface area (Å²) in [6, 6.07) is 3.30. The number of methoxy groups -OCH3 is 3. The van der Waals surface area contributed by atoms with Gasteiger partial charge in [0, 0.05) is 26.3 Å². The highest BCUT2D eigenvalue weighted by Gasteiger charge is 2.28. The van der Waals surface area contributed by atoms with Crippen molar-refractivity contribution in [1.82, 2.24) is 4.90 Å². The molecule has 1 aromatic carbocycles. The fourth-order valence-electron chi connectivity index (χ4n) is 2.34. The van der Waals surface area contributed by atoms with Crippen molar-refractivity contribution in [3.63, 3.8) is 0 Å². The van der Waals surface area contributed by atoms with E-state index in [0.717, 1.165) is 6.42 Å². The molecule has 1 saturated heterocycles. The zero-order chi connectivity index (χ0) is 14.7. The topological polar surface area (TPSA) is 74.0 Å². The molecule has 0 radical (unpaired) electrons. The molecule has 1 aromatic rings. The van der Waals surface area contributed by atoms with Gasteiger partial charge in [-0.25, -0.2) is 0 Å². The van der Waals surface area contributed by atoms with Gasteiger partial charge >= 0.3 is 0 Å². The number of nitrogens with two attached hydrogens (primary N) is 1. The quantitative estimate of drug-likeness (QED) is 0.837. The number of carbonyl (C=O) groups excluding carboxylic acids is 1. The Labute approximate surface area is 118 Å². The van der Waals surface area contributed by atoms with Crippen molar-refractivity contribution in [2.75, 3.05) is 40.2 Å². The monoisotopic (exact) mass is 280 g/mol. The summed E-state index contributed by atoms with van der Waals surface area (Å²) in [5.41, 5.74) is 6.73. The zero-order valence-corrected chi connectivity index (χ0v) is 12.0. The normalized spacial score (nSPS) is 18.1. The number of hydrogen-bond acceptors (Lipinski definition) is 5. The van der Waals surface area contributed by atoms with Gasteiger partial charge in [0.1, 0.15) is 11.5 Å². The van der Waals surface area contributed by atoms with E-state index < -0.39 is 0 Å². The molecule has 1 unspecified atom stereocenters. The third-order valence-electron chi connectivity index (χ3n) is 3.57. The van der Waals surface area contributed by atoms with Gasteiger partial charge in [-0.15, -0.1) is 0 Å². The summed E-state index contributed by atoms with van der Waals surface area (Å²) >= 11 is 0. The molecule has 1 fully saturated rings. The Kier molecular flexibility index (Phi) is 4.34. The largest absolute Gasteiger partial charge is 0.497 e. The Morgan fingerprint density at radius 1 is 1.30 bits per heavy atom. The first-order valence-electron chi connectivity index (χ1n) is 6.44. The molecule has 1 aliphatic rings. The van der Waals surface area contributed by atoms with Gasteiger partial charge in [-0.1, -0.05) is 0 Å². The van der Waals surface area contributed by atoms with Gasteiger partial charge in [0.05, 0.1) is 31.6 Å². The maximum Gasteiger partial charge on any atom is 0.256 e. The molecular weight excluding hydrogens is 260 g/mol. The van der Waals surface area contributed by atoms with Gasteiger partial charge in [0.25, 0.3) is 5.91 Å². The zero-order valence-electron chi connectivity index (χ0n) is 12.0. The van der Waals surface area contributed by atoms with Gasteiger partial charge < -0.3 is 24.8 Å². The number of hydrogen-bond donors (Lipinski definition) is 1. The lowest BCUT2D eigenvalue weighted by molar-refractivity contribution is 0.0724. The smallest absolute Gasteiger partial charge is 0.256 e. The predicted octanol–water partition coefficient (Wildman–Crippen LogP) is 1.15. The number of rotatable bonds is 4. The van der Waals surface area contributed by atoms with E-state index >= 15 is 0 Å². The number of nitrogen functional groups attached to an aromatic ring is 1. The predicted molar refractivity (Wildman–Crippen MR) is 75.3 cm³/mol. The SMILES string of the molecule is COc1cc(OC)c(N)c(C(=O)N2CCC(OC)C2)c1. The molecule has 1 atom stereocenters. The lowest BCUT2D eigenvalue weighted by atomic mass is 10.1. The summed E-state index contributed by atoms with van der Waals surface area (Å²) in [6.07, 6.45) is 0.927. The van der Waals surface area contributed by atoms with Crippen LogP contribution in [0.25, 0.3) is 0 Å². The lowest BCUT2D eigenvalue weighted by Crippen LogP contribution is -2.30. The number of carbonyl (C=O) groups is 1. The number of benzene rings is 1. The van der Waals surface area contributed by atoms with Crippen molar-refractivity contribution in [2.24, 2.45) is 0 Å². The molecule has 20 heavy (non-hydrogen) atoms. The first-order valence-corrected chi connectivity index (χ1v) is 6.44. The van der Waals surface area contributed by atoms with Crippen molar-refractivity contribution in [3.05, 3.63) is 17.7 Å². The fraction of sp³-hybridized carbons (Fsp3) is 0.500. The Hall–Kier alpha value is -1.95. The van der Waals surface area contributed by atoms with E-state index in [0.29, 0.717) is 35.8 Å². The molecule has 0 spiro atoms. The van der Waals surface area contributed by atoms with Crippen molar-refractivity contribution in [2.45, 2.75) is 12.5 Å². The van der Waals surface area contributed by atoms with Crippen molar-refractivity contribution >= 4 is 11.6 Å². The highest BCUT2D eigenvalue weighted by molar-refractivity contribution is 6.01. The Balaban J connectivity index is 2.29. The van der Waals surface area contributed by atoms with Gasteiger partial charge in [-0.2, -0.15) is 0 Å². The van der Waals surface area contributed by atoms with E-state index in [1.54, 1.807) is 24.1 Å². The Morgan fingerprint density at radius 2 is 2.05 bits per heavy atom. The molecule has 0 bridgehead atoms. The summed E-state index contributed by atoms with van der Waals surface area (Å²) in [5.74, 6) is 0.858. The van der Waals surface area contributed by atoms with Gasteiger partial charge in [-0.3, -0.25) is 4.79 Å². The third-order valence-corrected chi connectivity index (χ3v) is 3.57. The summed E-state index contributed by atoms with van der Waals surface area (Å²) < 4.78 is 15.6. The van der Waals surface area contributed by atoms with Crippen LogP contribution in [0.1, 0.15) is 16.8 Å². The molecule has 6 heteroatoms. The number of anilines is 1. The van der Waals surface area contributed by atoms with Crippen LogP contribution in [0.3, 0.4) is 0 Å². The van der Waals surface area contributed by atoms with E-state index in [2.05, 4.69) is 0 Å². The fourth-order valence-corrected chi connectivity index (χ4v) is 2.34. The molecule has 2 N–H and O–H groups in total. The van der Waals surface area contributed by atoms with Gasteiger partial charge in [0.2, 0.25) is 0 Å². The first kappa shape index (κ1) is 14.5. The van der Waals surface area contributed by atoms with Crippen LogP contribution in [-0.2, 0) is 4.74 Å². The van der Waals surface area contributed by atoms with Crippen LogP contribution >= 0.6 is 0 Å². The molecule has 2 rings (SSSR count). The molecule has 110 valence electrons. The molecule has 1 aliphatic heterocycles. The van der Waals surface area contributed by atoms with Crippen LogP contribution in [-0.4, -0.2) is 51.3 Å². The van der Waals surface area contributed by atoms with Crippen LogP contribution in [0.4, 0.5) is 5.69 Å². The van der Waals surface area contributed by atoms with Gasteiger partial charge in [0.15, 0.2) is 0 Å². The van der Waals surface area contributed by atoms with Crippen LogP contribution in [0.5, 0.6) is 11.5 Å². The lowest BCUT2D eigenvalue weighted by Gasteiger charge is -2.19. The maximum absolute atomic E-state index is 12.5. The molecular formula is C14H20N2O4. The standard InChI is InChI=1S/C14H20N2O4/c1-18-9-4-5-16(8-9)14(17)11-6-10(19-2)7-12(20-3)13(11)15/h6-7,9H,4-5,8,15H2,1-3H3. The molecule has 0 aliphatic carbocycles. The van der Waals surface area contributed by atoms with E-state index in [1.165, 1.54) is 14.2 Å². The van der Waals surface area contributed by atoms with E-state index in [-0.39, 0.29) is 12.0 Å². The van der Waals surface area contributed by atoms with Crippen LogP contribution < -0.4 is 15.2 Å². The molecule has 1 amide bonds. The number of nitrogens with zero attached hydrogens (tertiary/aromatic N) is 1. The summed E-state index contributed by atoms with van der Waals surface area (Å²) in [4.78, 5) is 14.3. The summed E-state index contributed by atoms with van der Waals surface area (Å²) in [5, 5.41) is 0. The minimum atomic E-state index is -0.126. The second kappa shape index (κ2) is 6.00. The van der Waals surface area contributed by atoms with Crippen LogP contribution in [0.2, 0.25) is 0 Å². The second-order valence-corrected chi connectivity index (χ2v) is 4.69. The number of amides is 1. The minimum absolute atomic E-state index is 0.0904. The average molecular weight is 280 g/mol. The van der Waals surface area contributed by atoms with Crippen molar-refractivity contribution in [1.29, 1.82) is 0 Å². The minimum Gasteiger partial charge on any atom is -0.497 e. The van der Waals surface area contributed by atoms with Crippen LogP contribution in [0, 0.1) is 0 Å². The first-order chi connectivity index (χ1) is 9.60. The average Bonchev–Trinajstić information content (AvgIpc) is 2.95. The van der Waals surface area contributed by atoms with Crippen molar-refractivity contribution in [3.8, 4) is 11.5 Å².